The lowest BCUT2D eigenvalue weighted by atomic mass is 10.0. The van der Waals surface area contributed by atoms with Gasteiger partial charge in [0.25, 0.3) is 15.9 Å². The normalized spacial score (nSPS) is 22.0. The summed E-state index contributed by atoms with van der Waals surface area (Å²) in [6.07, 6.45) is 1.72. The number of ether oxygens (including phenoxy) is 1. The molecule has 1 N–H and O–H groups in total. The lowest BCUT2D eigenvalue weighted by Gasteiger charge is -2.25. The van der Waals surface area contributed by atoms with E-state index in [9.17, 15) is 22.8 Å². The molecule has 1 aromatic heterocycles. The highest BCUT2D eigenvalue weighted by Gasteiger charge is 2.52. The van der Waals surface area contributed by atoms with Crippen LogP contribution < -0.4 is 5.32 Å². The highest BCUT2D eigenvalue weighted by Crippen LogP contribution is 2.36. The van der Waals surface area contributed by atoms with E-state index < -0.39 is 40.1 Å². The number of cyclic esters (lactones) is 1. The third-order valence-electron chi connectivity index (χ3n) is 4.80. The zero-order valence-corrected chi connectivity index (χ0v) is 16.1. The van der Waals surface area contributed by atoms with Crippen LogP contribution in [0.1, 0.15) is 17.2 Å². The number of carbonyl (C=O) groups is 3. The summed E-state index contributed by atoms with van der Waals surface area (Å²) < 4.78 is 36.9. The number of hydrogen-bond donors (Lipinski definition) is 1. The van der Waals surface area contributed by atoms with Crippen molar-refractivity contribution >= 4 is 28.1 Å². The van der Waals surface area contributed by atoms with E-state index in [-0.39, 0.29) is 18.0 Å². The molecule has 10 nitrogen and oxygen atoms in total. The summed E-state index contributed by atoms with van der Waals surface area (Å²) in [5.74, 6) is -0.756. The van der Waals surface area contributed by atoms with Gasteiger partial charge in [-0.05, 0) is 25.1 Å². The number of aryl methyl sites for hydroxylation is 1. The number of benzene rings is 1. The maximum atomic E-state index is 13.2. The van der Waals surface area contributed by atoms with Gasteiger partial charge >= 0.3 is 12.1 Å². The van der Waals surface area contributed by atoms with Crippen molar-refractivity contribution in [3.05, 3.63) is 54.0 Å². The number of sulfonamides is 1. The summed E-state index contributed by atoms with van der Waals surface area (Å²) in [5.41, 5.74) is 1.15. The fraction of sp³-hybridized carbons (Fsp3) is 0.278. The molecule has 29 heavy (non-hydrogen) atoms. The summed E-state index contributed by atoms with van der Waals surface area (Å²) >= 11 is 0. The van der Waals surface area contributed by atoms with Gasteiger partial charge in [-0.2, -0.15) is 0 Å². The van der Waals surface area contributed by atoms with E-state index in [1.165, 1.54) is 30.7 Å². The van der Waals surface area contributed by atoms with Gasteiger partial charge in [-0.3, -0.25) is 4.79 Å². The largest absolute Gasteiger partial charge is 0.472 e. The van der Waals surface area contributed by atoms with Gasteiger partial charge in [0.1, 0.15) is 18.7 Å². The van der Waals surface area contributed by atoms with Gasteiger partial charge in [0.2, 0.25) is 0 Å². The first-order valence-electron chi connectivity index (χ1n) is 8.72. The monoisotopic (exact) mass is 419 g/mol. The minimum atomic E-state index is -4.29. The van der Waals surface area contributed by atoms with Crippen molar-refractivity contribution in [2.45, 2.75) is 23.9 Å². The molecular weight excluding hydrogens is 402 g/mol. The van der Waals surface area contributed by atoms with Gasteiger partial charge in [-0.25, -0.2) is 27.2 Å². The second kappa shape index (κ2) is 6.92. The number of furan rings is 1. The number of rotatable bonds is 4. The maximum absolute atomic E-state index is 13.2. The van der Waals surface area contributed by atoms with Crippen LogP contribution in [0.25, 0.3) is 0 Å². The highest BCUT2D eigenvalue weighted by molar-refractivity contribution is 7.89. The summed E-state index contributed by atoms with van der Waals surface area (Å²) in [4.78, 5) is 38.2. The van der Waals surface area contributed by atoms with Crippen LogP contribution in [0.15, 0.2) is 52.2 Å². The first-order valence-corrected chi connectivity index (χ1v) is 10.2. The molecule has 11 heteroatoms. The fourth-order valence-electron chi connectivity index (χ4n) is 3.35. The van der Waals surface area contributed by atoms with Crippen LogP contribution in [-0.2, 0) is 19.6 Å². The maximum Gasteiger partial charge on any atom is 0.416 e. The predicted octanol–water partition coefficient (Wildman–Crippen LogP) is 1.39. The number of hydrogen-bond acceptors (Lipinski definition) is 7. The third kappa shape index (κ3) is 3.12. The Hall–Kier alpha value is -3.34. The Morgan fingerprint density at radius 1 is 1.17 bits per heavy atom. The van der Waals surface area contributed by atoms with Crippen molar-refractivity contribution in [3.8, 4) is 0 Å². The summed E-state index contributed by atoms with van der Waals surface area (Å²) in [6, 6.07) is 3.94. The third-order valence-corrected chi connectivity index (χ3v) is 6.58. The van der Waals surface area contributed by atoms with Crippen molar-refractivity contribution in [1.82, 2.24) is 14.5 Å². The van der Waals surface area contributed by atoms with Crippen LogP contribution in [0, 0.1) is 6.92 Å². The van der Waals surface area contributed by atoms with Gasteiger partial charge in [0.15, 0.2) is 0 Å². The van der Waals surface area contributed by atoms with Gasteiger partial charge in [-0.15, -0.1) is 0 Å². The van der Waals surface area contributed by atoms with Crippen LogP contribution >= 0.6 is 0 Å². The Morgan fingerprint density at radius 2 is 1.90 bits per heavy atom. The summed E-state index contributed by atoms with van der Waals surface area (Å²) in [7, 11) is -4.29. The smallest absolute Gasteiger partial charge is 0.416 e. The number of imide groups is 1. The average molecular weight is 419 g/mol. The molecule has 2 aliphatic heterocycles. The summed E-state index contributed by atoms with van der Waals surface area (Å²) in [6.45, 7) is 1.86. The van der Waals surface area contributed by atoms with E-state index in [1.807, 2.05) is 0 Å². The Morgan fingerprint density at radius 3 is 2.48 bits per heavy atom. The number of carbonyl (C=O) groups excluding carboxylic acids is 3. The van der Waals surface area contributed by atoms with E-state index in [0.717, 1.165) is 10.5 Å². The van der Waals surface area contributed by atoms with Gasteiger partial charge < -0.3 is 14.5 Å². The number of amides is 4. The van der Waals surface area contributed by atoms with Gasteiger partial charge in [-0.1, -0.05) is 17.7 Å². The van der Waals surface area contributed by atoms with Gasteiger partial charge in [0, 0.05) is 5.56 Å². The molecule has 0 saturated carbocycles. The van der Waals surface area contributed by atoms with Crippen molar-refractivity contribution in [2.75, 3.05) is 13.2 Å². The fourth-order valence-corrected chi connectivity index (χ4v) is 4.87. The van der Waals surface area contributed by atoms with Crippen molar-refractivity contribution < 1.29 is 32.0 Å². The van der Waals surface area contributed by atoms with Crippen LogP contribution in [0.2, 0.25) is 0 Å². The van der Waals surface area contributed by atoms with Crippen molar-refractivity contribution in [1.29, 1.82) is 0 Å². The van der Waals surface area contributed by atoms with E-state index in [2.05, 4.69) is 5.32 Å². The Bertz CT molecular complexity index is 1060. The number of nitrogens with one attached hydrogen (secondary N) is 1. The molecule has 0 aliphatic carbocycles. The van der Waals surface area contributed by atoms with Crippen LogP contribution in [0.4, 0.5) is 9.59 Å². The quantitative estimate of drug-likeness (QED) is 0.793. The molecule has 2 aromatic rings. The first-order chi connectivity index (χ1) is 13.8. The van der Waals surface area contributed by atoms with E-state index in [0.29, 0.717) is 9.87 Å². The zero-order chi connectivity index (χ0) is 20.8. The lowest BCUT2D eigenvalue weighted by molar-refractivity contribution is -0.130. The van der Waals surface area contributed by atoms with E-state index in [1.54, 1.807) is 19.1 Å². The number of urea groups is 1. The predicted molar refractivity (Wildman–Crippen MR) is 97.0 cm³/mol. The topological polar surface area (TPSA) is 126 Å². The molecule has 2 saturated heterocycles. The number of nitrogens with zero attached hydrogens (tertiary/aromatic N) is 2. The van der Waals surface area contributed by atoms with Crippen LogP contribution in [0.5, 0.6) is 0 Å². The molecule has 1 unspecified atom stereocenters. The molecular formula is C18H17N3O7S. The zero-order valence-electron chi connectivity index (χ0n) is 15.3. The summed E-state index contributed by atoms with van der Waals surface area (Å²) in [5, 5.41) is 2.39. The second-order valence-corrected chi connectivity index (χ2v) is 8.46. The molecule has 2 atom stereocenters. The minimum absolute atomic E-state index is 0.0207. The second-order valence-electron chi connectivity index (χ2n) is 6.65. The molecule has 4 rings (SSSR count). The Kier molecular flexibility index (Phi) is 4.53. The highest BCUT2D eigenvalue weighted by atomic mass is 32.2. The van der Waals surface area contributed by atoms with Crippen LogP contribution in [0.3, 0.4) is 0 Å². The molecule has 1 aromatic carbocycles. The van der Waals surface area contributed by atoms with Crippen molar-refractivity contribution in [3.63, 3.8) is 0 Å². The van der Waals surface area contributed by atoms with Crippen molar-refractivity contribution in [2.24, 2.45) is 0 Å². The van der Waals surface area contributed by atoms with E-state index >= 15 is 0 Å². The molecule has 3 heterocycles. The minimum Gasteiger partial charge on any atom is -0.472 e. The molecule has 152 valence electrons. The standard InChI is InChI=1S/C18H17N3O7S/c1-11-2-4-13(5-3-11)29(25,26)21-15(12-6-8-27-10-12)14(19-17(21)23)16(22)20-7-9-28-18(20)24/h2-6,8,10,14-15H,7,9H2,1H3,(H,19,23)/t14?,15-/m0/s1. The Labute approximate surface area is 166 Å². The molecule has 2 fully saturated rings. The Balaban J connectivity index is 1.77. The molecule has 0 radical (unpaired) electrons. The SMILES string of the molecule is Cc1ccc(S(=O)(=O)N2C(=O)NC(C(=O)N3CCOC3=O)[C@@H]2c2ccoc2)cc1. The average Bonchev–Trinajstić information content (AvgIpc) is 3.41. The molecule has 0 bridgehead atoms. The van der Waals surface area contributed by atoms with Crippen LogP contribution in [-0.4, -0.2) is 54.8 Å². The molecule has 0 spiro atoms. The lowest BCUT2D eigenvalue weighted by Crippen LogP contribution is -2.47. The van der Waals surface area contributed by atoms with Gasteiger partial charge in [0.05, 0.1) is 24.0 Å². The first kappa shape index (κ1) is 19.0. The molecule has 2 aliphatic rings. The van der Waals surface area contributed by atoms with E-state index in [4.69, 9.17) is 9.15 Å². The molecule has 4 amide bonds.